The first-order valence-electron chi connectivity index (χ1n) is 8.05. The third-order valence-corrected chi connectivity index (χ3v) is 3.30. The molecule has 2 rings (SSSR count). The summed E-state index contributed by atoms with van der Waals surface area (Å²) in [6.45, 7) is 7.46. The summed E-state index contributed by atoms with van der Waals surface area (Å²) in [6, 6.07) is 1.68. The lowest BCUT2D eigenvalue weighted by atomic mass is 10.1. The maximum absolute atomic E-state index is 12.4. The number of carbonyl (C=O) groups is 2. The predicted octanol–water partition coefficient (Wildman–Crippen LogP) is 4.20. The van der Waals surface area contributed by atoms with Crippen LogP contribution in [-0.2, 0) is 4.74 Å². The highest BCUT2D eigenvalue weighted by Crippen LogP contribution is 2.22. The summed E-state index contributed by atoms with van der Waals surface area (Å²) in [5.74, 6) is 5.21. The van der Waals surface area contributed by atoms with Crippen molar-refractivity contribution in [2.45, 2.75) is 52.6 Å². The molecule has 0 unspecified atom stereocenters. The van der Waals surface area contributed by atoms with Gasteiger partial charge in [0.25, 0.3) is 0 Å². The summed E-state index contributed by atoms with van der Waals surface area (Å²) in [6.07, 6.45) is 6.77. The van der Waals surface area contributed by atoms with E-state index in [-0.39, 0.29) is 5.78 Å². The maximum Gasteiger partial charge on any atom is 0.419 e. The summed E-state index contributed by atoms with van der Waals surface area (Å²) >= 11 is 0. The van der Waals surface area contributed by atoms with Crippen LogP contribution in [0.25, 0.3) is 10.9 Å². The van der Waals surface area contributed by atoms with E-state index in [1.807, 2.05) is 0 Å². The predicted molar refractivity (Wildman–Crippen MR) is 93.0 cm³/mol. The van der Waals surface area contributed by atoms with Crippen LogP contribution in [-0.4, -0.2) is 27.0 Å². The lowest BCUT2D eigenvalue weighted by Crippen LogP contribution is -2.26. The molecule has 0 aromatic carbocycles. The van der Waals surface area contributed by atoms with E-state index in [4.69, 9.17) is 4.74 Å². The smallest absolute Gasteiger partial charge is 0.419 e. The van der Waals surface area contributed by atoms with Crippen LogP contribution in [0.4, 0.5) is 4.79 Å². The zero-order valence-electron chi connectivity index (χ0n) is 14.5. The first-order chi connectivity index (χ1) is 11.3. The Hall–Kier alpha value is -2.61. The zero-order chi connectivity index (χ0) is 17.7. The molecule has 2 heterocycles. The molecule has 0 saturated heterocycles. The Morgan fingerprint density at radius 3 is 2.75 bits per heavy atom. The largest absolute Gasteiger partial charge is 0.443 e. The Bertz CT molecular complexity index is 816. The van der Waals surface area contributed by atoms with Crippen LogP contribution in [0, 0.1) is 11.8 Å². The molecule has 126 valence electrons. The number of carbonyl (C=O) groups excluding carboxylic acids is 2. The Morgan fingerprint density at radius 2 is 2.08 bits per heavy atom. The summed E-state index contributed by atoms with van der Waals surface area (Å²) < 4.78 is 6.73. The Kier molecular flexibility index (Phi) is 5.40. The quantitative estimate of drug-likeness (QED) is 0.367. The van der Waals surface area contributed by atoms with Crippen molar-refractivity contribution in [2.24, 2.45) is 0 Å². The van der Waals surface area contributed by atoms with Crippen LogP contribution in [0.15, 0.2) is 24.7 Å². The Labute approximate surface area is 142 Å². The van der Waals surface area contributed by atoms with Gasteiger partial charge in [-0.1, -0.05) is 19.3 Å². The van der Waals surface area contributed by atoms with Gasteiger partial charge in [0.2, 0.25) is 5.78 Å². The van der Waals surface area contributed by atoms with Crippen molar-refractivity contribution in [3.05, 3.63) is 30.2 Å². The minimum absolute atomic E-state index is 0.314. The number of ketones is 1. The number of aromatic nitrogens is 2. The molecule has 0 spiro atoms. The second-order valence-electron chi connectivity index (χ2n) is 6.52. The third kappa shape index (κ3) is 4.23. The molecule has 5 heteroatoms. The molecule has 0 saturated carbocycles. The fourth-order valence-corrected chi connectivity index (χ4v) is 2.19. The number of rotatable bonds is 3. The molecule has 0 atom stereocenters. The van der Waals surface area contributed by atoms with Gasteiger partial charge in [0.05, 0.1) is 11.1 Å². The van der Waals surface area contributed by atoms with E-state index in [9.17, 15) is 9.59 Å². The number of hydrogen-bond acceptors (Lipinski definition) is 4. The normalized spacial score (nSPS) is 11.0. The van der Waals surface area contributed by atoms with Gasteiger partial charge in [0.15, 0.2) is 0 Å². The minimum Gasteiger partial charge on any atom is -0.443 e. The molecule has 0 aliphatic carbocycles. The van der Waals surface area contributed by atoms with Crippen molar-refractivity contribution < 1.29 is 14.3 Å². The van der Waals surface area contributed by atoms with E-state index in [1.165, 1.54) is 10.8 Å². The molecular formula is C19H22N2O3. The molecule has 24 heavy (non-hydrogen) atoms. The second kappa shape index (κ2) is 7.31. The van der Waals surface area contributed by atoms with Gasteiger partial charge in [0, 0.05) is 30.4 Å². The number of ether oxygens (including phenoxy) is 1. The molecule has 0 amide bonds. The lowest BCUT2D eigenvalue weighted by Gasteiger charge is -2.19. The molecular weight excluding hydrogens is 304 g/mol. The topological polar surface area (TPSA) is 61.2 Å². The van der Waals surface area contributed by atoms with Crippen LogP contribution in [0.5, 0.6) is 0 Å². The van der Waals surface area contributed by atoms with Crippen molar-refractivity contribution >= 4 is 22.8 Å². The van der Waals surface area contributed by atoms with Gasteiger partial charge in [-0.05, 0) is 39.2 Å². The number of unbranched alkanes of at least 4 members (excludes halogenated alkanes) is 2. The van der Waals surface area contributed by atoms with Gasteiger partial charge in [-0.15, -0.1) is 0 Å². The van der Waals surface area contributed by atoms with E-state index < -0.39 is 11.7 Å². The van der Waals surface area contributed by atoms with Crippen LogP contribution >= 0.6 is 0 Å². The molecule has 2 aromatic rings. The van der Waals surface area contributed by atoms with Gasteiger partial charge in [0.1, 0.15) is 5.60 Å². The van der Waals surface area contributed by atoms with Gasteiger partial charge >= 0.3 is 6.09 Å². The molecule has 2 aromatic heterocycles. The number of fused-ring (bicyclic) bond motifs is 1. The van der Waals surface area contributed by atoms with E-state index in [0.29, 0.717) is 22.9 Å². The van der Waals surface area contributed by atoms with Crippen LogP contribution in [0.1, 0.15) is 57.3 Å². The molecule has 0 radical (unpaired) electrons. The molecule has 0 aliphatic rings. The highest BCUT2D eigenvalue weighted by atomic mass is 16.6. The molecule has 0 fully saturated rings. The average molecular weight is 326 g/mol. The molecule has 0 bridgehead atoms. The Morgan fingerprint density at radius 1 is 1.33 bits per heavy atom. The van der Waals surface area contributed by atoms with E-state index >= 15 is 0 Å². The van der Waals surface area contributed by atoms with Gasteiger partial charge in [-0.25, -0.2) is 4.79 Å². The summed E-state index contributed by atoms with van der Waals surface area (Å²) in [5.41, 5.74) is 0.330. The monoisotopic (exact) mass is 326 g/mol. The number of pyridine rings is 1. The summed E-state index contributed by atoms with van der Waals surface area (Å²) in [7, 11) is 0. The first-order valence-corrected chi connectivity index (χ1v) is 8.05. The first kappa shape index (κ1) is 17.7. The van der Waals surface area contributed by atoms with Crippen LogP contribution < -0.4 is 0 Å². The van der Waals surface area contributed by atoms with E-state index in [2.05, 4.69) is 23.7 Å². The standard InChI is InChI=1S/C19H22N2O3/c1-5-6-7-8-9-17(22)15-13-21(18(23)24-19(2,3)4)16-10-11-20-12-14(15)16/h10-13H,5-7H2,1-4H3. The number of Topliss-reactive ketones (excluding diaryl/α,β-unsaturated/α-hetero) is 1. The fraction of sp³-hybridized carbons (Fsp3) is 0.421. The average Bonchev–Trinajstić information content (AvgIpc) is 2.89. The van der Waals surface area contributed by atoms with Crippen molar-refractivity contribution in [1.29, 1.82) is 0 Å². The SMILES string of the molecule is CCCCC#CC(=O)c1cn(C(=O)OC(C)(C)C)c2ccncc12. The number of hydrogen-bond donors (Lipinski definition) is 0. The second-order valence-corrected chi connectivity index (χ2v) is 6.52. The minimum atomic E-state index is -0.620. The highest BCUT2D eigenvalue weighted by molar-refractivity contribution is 6.17. The Balaban J connectivity index is 2.40. The van der Waals surface area contributed by atoms with E-state index in [0.717, 1.165) is 12.8 Å². The highest BCUT2D eigenvalue weighted by Gasteiger charge is 2.22. The van der Waals surface area contributed by atoms with E-state index in [1.54, 1.807) is 39.2 Å². The summed E-state index contributed by atoms with van der Waals surface area (Å²) in [4.78, 5) is 28.8. The lowest BCUT2D eigenvalue weighted by molar-refractivity contribution is 0.0544. The van der Waals surface area contributed by atoms with Crippen molar-refractivity contribution in [1.82, 2.24) is 9.55 Å². The van der Waals surface area contributed by atoms with Crippen molar-refractivity contribution in [3.8, 4) is 11.8 Å². The fourth-order valence-electron chi connectivity index (χ4n) is 2.19. The van der Waals surface area contributed by atoms with Gasteiger partial charge < -0.3 is 4.74 Å². The molecule has 0 aliphatic heterocycles. The molecule has 0 N–H and O–H groups in total. The van der Waals surface area contributed by atoms with Crippen LogP contribution in [0.2, 0.25) is 0 Å². The third-order valence-electron chi connectivity index (χ3n) is 3.30. The van der Waals surface area contributed by atoms with Crippen molar-refractivity contribution in [3.63, 3.8) is 0 Å². The molecule has 5 nitrogen and oxygen atoms in total. The zero-order valence-corrected chi connectivity index (χ0v) is 14.5. The number of nitrogens with zero attached hydrogens (tertiary/aromatic N) is 2. The van der Waals surface area contributed by atoms with Crippen molar-refractivity contribution in [2.75, 3.05) is 0 Å². The van der Waals surface area contributed by atoms with Gasteiger partial charge in [-0.2, -0.15) is 0 Å². The van der Waals surface area contributed by atoms with Gasteiger partial charge in [-0.3, -0.25) is 14.3 Å². The maximum atomic E-state index is 12.4. The summed E-state index contributed by atoms with van der Waals surface area (Å²) in [5, 5.41) is 0.596. The van der Waals surface area contributed by atoms with Crippen LogP contribution in [0.3, 0.4) is 0 Å².